The molecule has 0 spiro atoms. The highest BCUT2D eigenvalue weighted by Gasteiger charge is 2.30. The first-order valence-electron chi connectivity index (χ1n) is 8.97. The van der Waals surface area contributed by atoms with Gasteiger partial charge >= 0.3 is 0 Å². The van der Waals surface area contributed by atoms with Crippen molar-refractivity contribution < 1.29 is 0 Å². The Labute approximate surface area is 143 Å². The van der Waals surface area contributed by atoms with Crippen LogP contribution in [0.4, 0.5) is 0 Å². The van der Waals surface area contributed by atoms with Crippen LogP contribution in [0.25, 0.3) is 10.9 Å². The maximum Gasteiger partial charge on any atom is 0.261 e. The SMILES string of the molecule is CCC[C@@H](c1nc2ccccc2c(=O)n1C)N1C[C@@H](C)N[C@@H](C)C1. The van der Waals surface area contributed by atoms with E-state index in [1.165, 1.54) is 0 Å². The minimum absolute atomic E-state index is 0.0490. The number of rotatable bonds is 4. The van der Waals surface area contributed by atoms with E-state index < -0.39 is 0 Å². The largest absolute Gasteiger partial charge is 0.309 e. The van der Waals surface area contributed by atoms with E-state index in [2.05, 4.69) is 31.0 Å². The van der Waals surface area contributed by atoms with Gasteiger partial charge in [0.2, 0.25) is 0 Å². The van der Waals surface area contributed by atoms with E-state index in [9.17, 15) is 4.79 Å². The number of benzene rings is 1. The summed E-state index contributed by atoms with van der Waals surface area (Å²) in [5.41, 5.74) is 0.848. The molecule has 1 aromatic carbocycles. The van der Waals surface area contributed by atoms with Gasteiger partial charge < -0.3 is 5.32 Å². The molecule has 1 aromatic heterocycles. The predicted molar refractivity (Wildman–Crippen MR) is 98.3 cm³/mol. The van der Waals surface area contributed by atoms with Crippen molar-refractivity contribution in [2.45, 2.75) is 51.7 Å². The maximum atomic E-state index is 12.8. The first-order valence-corrected chi connectivity index (χ1v) is 8.97. The Kier molecular flexibility index (Phi) is 5.01. The van der Waals surface area contributed by atoms with Crippen LogP contribution < -0.4 is 10.9 Å². The molecule has 1 aliphatic heterocycles. The van der Waals surface area contributed by atoms with Crippen molar-refractivity contribution >= 4 is 10.9 Å². The average molecular weight is 328 g/mol. The van der Waals surface area contributed by atoms with E-state index in [1.807, 2.05) is 31.3 Å². The van der Waals surface area contributed by atoms with Crippen LogP contribution in [0, 0.1) is 0 Å². The highest BCUT2D eigenvalue weighted by Crippen LogP contribution is 2.26. The standard InChI is InChI=1S/C19H28N4O/c1-5-8-17(23-11-13(2)20-14(3)12-23)18-21-16-10-7-6-9-15(16)19(24)22(18)4/h6-7,9-10,13-14,17,20H,5,8,11-12H2,1-4H3/t13-,14+,17-/m0/s1. The van der Waals surface area contributed by atoms with Crippen molar-refractivity contribution in [2.75, 3.05) is 13.1 Å². The molecule has 1 aliphatic rings. The predicted octanol–water partition coefficient (Wildman–Crippen LogP) is 2.46. The van der Waals surface area contributed by atoms with E-state index in [1.54, 1.807) is 4.57 Å². The molecule has 0 radical (unpaired) electrons. The van der Waals surface area contributed by atoms with Crippen LogP contribution in [-0.2, 0) is 7.05 Å². The third-order valence-corrected chi connectivity index (χ3v) is 4.90. The molecule has 0 amide bonds. The fourth-order valence-corrected chi connectivity index (χ4v) is 3.91. The molecule has 5 nitrogen and oxygen atoms in total. The molecule has 24 heavy (non-hydrogen) atoms. The van der Waals surface area contributed by atoms with Crippen LogP contribution in [0.3, 0.4) is 0 Å². The van der Waals surface area contributed by atoms with Gasteiger partial charge in [-0.1, -0.05) is 25.5 Å². The second-order valence-corrected chi connectivity index (χ2v) is 7.08. The molecule has 2 heterocycles. The second-order valence-electron chi connectivity index (χ2n) is 7.08. The smallest absolute Gasteiger partial charge is 0.261 e. The Morgan fingerprint density at radius 1 is 1.25 bits per heavy atom. The van der Waals surface area contributed by atoms with Crippen LogP contribution in [0.1, 0.15) is 45.5 Å². The van der Waals surface area contributed by atoms with Crippen molar-refractivity contribution in [3.05, 3.63) is 40.4 Å². The van der Waals surface area contributed by atoms with Gasteiger partial charge in [-0.15, -0.1) is 0 Å². The lowest BCUT2D eigenvalue weighted by atomic mass is 10.0. The van der Waals surface area contributed by atoms with E-state index in [4.69, 9.17) is 4.98 Å². The zero-order valence-electron chi connectivity index (χ0n) is 15.1. The quantitative estimate of drug-likeness (QED) is 0.937. The van der Waals surface area contributed by atoms with Gasteiger partial charge in [0, 0.05) is 32.2 Å². The van der Waals surface area contributed by atoms with Crippen LogP contribution >= 0.6 is 0 Å². The first kappa shape index (κ1) is 17.1. The molecule has 1 saturated heterocycles. The molecule has 1 N–H and O–H groups in total. The topological polar surface area (TPSA) is 50.2 Å². The number of piperazine rings is 1. The summed E-state index contributed by atoms with van der Waals surface area (Å²) in [5.74, 6) is 0.891. The number of fused-ring (bicyclic) bond motifs is 1. The molecule has 5 heteroatoms. The third kappa shape index (κ3) is 3.23. The Morgan fingerprint density at radius 2 is 1.92 bits per heavy atom. The summed E-state index contributed by atoms with van der Waals surface area (Å²) in [5, 5.41) is 4.28. The summed E-state index contributed by atoms with van der Waals surface area (Å²) in [6.45, 7) is 8.60. The van der Waals surface area contributed by atoms with Crippen LogP contribution in [-0.4, -0.2) is 39.6 Å². The van der Waals surface area contributed by atoms with Gasteiger partial charge in [-0.2, -0.15) is 0 Å². The number of nitrogens with one attached hydrogen (secondary N) is 1. The molecule has 0 saturated carbocycles. The van der Waals surface area contributed by atoms with Gasteiger partial charge in [0.05, 0.1) is 16.9 Å². The molecular weight excluding hydrogens is 300 g/mol. The van der Waals surface area contributed by atoms with Gasteiger partial charge in [0.25, 0.3) is 5.56 Å². The summed E-state index contributed by atoms with van der Waals surface area (Å²) in [6.07, 6.45) is 2.08. The normalized spacial score (nSPS) is 23.5. The van der Waals surface area contributed by atoms with Crippen LogP contribution in [0.15, 0.2) is 29.1 Å². The molecule has 130 valence electrons. The van der Waals surface area contributed by atoms with Crippen molar-refractivity contribution in [2.24, 2.45) is 7.05 Å². The first-order chi connectivity index (χ1) is 11.5. The number of hydrogen-bond donors (Lipinski definition) is 1. The zero-order chi connectivity index (χ0) is 17.3. The van der Waals surface area contributed by atoms with Gasteiger partial charge in [-0.3, -0.25) is 14.3 Å². The lowest BCUT2D eigenvalue weighted by Gasteiger charge is -2.41. The van der Waals surface area contributed by atoms with Crippen molar-refractivity contribution in [3.63, 3.8) is 0 Å². The minimum Gasteiger partial charge on any atom is -0.309 e. The lowest BCUT2D eigenvalue weighted by Crippen LogP contribution is -2.55. The molecule has 3 atom stereocenters. The highest BCUT2D eigenvalue weighted by atomic mass is 16.1. The summed E-state index contributed by atoms with van der Waals surface area (Å²) < 4.78 is 1.75. The molecule has 0 unspecified atom stereocenters. The third-order valence-electron chi connectivity index (χ3n) is 4.90. The number of aromatic nitrogens is 2. The lowest BCUT2D eigenvalue weighted by molar-refractivity contribution is 0.109. The number of hydrogen-bond acceptors (Lipinski definition) is 4. The van der Waals surface area contributed by atoms with Gasteiger partial charge in [-0.05, 0) is 32.4 Å². The number of nitrogens with zero attached hydrogens (tertiary/aromatic N) is 3. The second kappa shape index (κ2) is 7.03. The fourth-order valence-electron chi connectivity index (χ4n) is 3.91. The Bertz CT molecular complexity index is 760. The molecule has 2 aromatic rings. The number of para-hydroxylation sites is 1. The Morgan fingerprint density at radius 3 is 2.58 bits per heavy atom. The molecule has 0 bridgehead atoms. The molecule has 1 fully saturated rings. The summed E-state index contributed by atoms with van der Waals surface area (Å²) in [4.78, 5) is 20.1. The van der Waals surface area contributed by atoms with Crippen molar-refractivity contribution in [1.29, 1.82) is 0 Å². The van der Waals surface area contributed by atoms with Crippen LogP contribution in [0.5, 0.6) is 0 Å². The molecule has 0 aliphatic carbocycles. The van der Waals surface area contributed by atoms with E-state index in [0.29, 0.717) is 17.5 Å². The summed E-state index contributed by atoms with van der Waals surface area (Å²) in [6, 6.07) is 8.72. The molecular formula is C19H28N4O. The maximum absolute atomic E-state index is 12.8. The van der Waals surface area contributed by atoms with Crippen molar-refractivity contribution in [1.82, 2.24) is 19.8 Å². The zero-order valence-corrected chi connectivity index (χ0v) is 15.1. The van der Waals surface area contributed by atoms with Crippen LogP contribution in [0.2, 0.25) is 0 Å². The van der Waals surface area contributed by atoms with Gasteiger partial charge in [0.15, 0.2) is 0 Å². The Balaban J connectivity index is 2.07. The van der Waals surface area contributed by atoms with E-state index >= 15 is 0 Å². The van der Waals surface area contributed by atoms with Gasteiger partial charge in [-0.25, -0.2) is 4.98 Å². The van der Waals surface area contributed by atoms with E-state index in [-0.39, 0.29) is 11.6 Å². The fraction of sp³-hybridized carbons (Fsp3) is 0.579. The van der Waals surface area contributed by atoms with Crippen molar-refractivity contribution in [3.8, 4) is 0 Å². The minimum atomic E-state index is 0.0490. The average Bonchev–Trinajstić information content (AvgIpc) is 2.55. The Hall–Kier alpha value is -1.72. The van der Waals surface area contributed by atoms with E-state index in [0.717, 1.165) is 37.3 Å². The van der Waals surface area contributed by atoms with Gasteiger partial charge in [0.1, 0.15) is 5.82 Å². The highest BCUT2D eigenvalue weighted by molar-refractivity contribution is 5.77. The summed E-state index contributed by atoms with van der Waals surface area (Å²) >= 11 is 0. The summed E-state index contributed by atoms with van der Waals surface area (Å²) in [7, 11) is 1.86. The molecule has 3 rings (SSSR count). The monoisotopic (exact) mass is 328 g/mol.